The Labute approximate surface area is 133 Å². The molecule has 1 aliphatic heterocycles. The van der Waals surface area contributed by atoms with Gasteiger partial charge in [0.15, 0.2) is 6.04 Å². The quantitative estimate of drug-likeness (QED) is 0.883. The van der Waals surface area contributed by atoms with Gasteiger partial charge in [-0.2, -0.15) is 9.57 Å². The van der Waals surface area contributed by atoms with Gasteiger partial charge in [0.1, 0.15) is 6.07 Å². The van der Waals surface area contributed by atoms with Crippen molar-refractivity contribution >= 4 is 10.0 Å². The minimum Gasteiger partial charge on any atom is -0.319 e. The molecule has 1 aromatic carbocycles. The molecule has 1 fully saturated rings. The van der Waals surface area contributed by atoms with Crippen molar-refractivity contribution in [2.45, 2.75) is 37.6 Å². The molecule has 22 heavy (non-hydrogen) atoms. The first-order valence-electron chi connectivity index (χ1n) is 7.70. The van der Waals surface area contributed by atoms with E-state index in [1.807, 2.05) is 19.1 Å². The highest BCUT2D eigenvalue weighted by atomic mass is 32.2. The second kappa shape index (κ2) is 6.78. The Hall–Kier alpha value is -1.42. The van der Waals surface area contributed by atoms with Gasteiger partial charge < -0.3 is 4.90 Å². The summed E-state index contributed by atoms with van der Waals surface area (Å²) in [4.78, 5) is 1.51. The zero-order valence-corrected chi connectivity index (χ0v) is 14.2. The molecular weight excluding hydrogens is 298 g/mol. The topological polar surface area (TPSA) is 65.6 Å². The number of nitrogens with one attached hydrogen (secondary N) is 1. The number of quaternary nitrogens is 1. The molecule has 5 nitrogen and oxygen atoms in total. The van der Waals surface area contributed by atoms with Crippen molar-refractivity contribution in [1.29, 1.82) is 5.26 Å². The molecule has 0 unspecified atom stereocenters. The minimum atomic E-state index is -3.42. The van der Waals surface area contributed by atoms with Gasteiger partial charge in [-0.15, -0.1) is 0 Å². The Balaban J connectivity index is 2.10. The van der Waals surface area contributed by atoms with Crippen LogP contribution in [0.25, 0.3) is 0 Å². The van der Waals surface area contributed by atoms with Gasteiger partial charge >= 0.3 is 0 Å². The Morgan fingerprint density at radius 1 is 1.14 bits per heavy atom. The fourth-order valence-electron chi connectivity index (χ4n) is 2.71. The van der Waals surface area contributed by atoms with Gasteiger partial charge in [0, 0.05) is 6.92 Å². The second-order valence-electron chi connectivity index (χ2n) is 6.14. The summed E-state index contributed by atoms with van der Waals surface area (Å²) in [6.45, 7) is 8.34. The maximum Gasteiger partial charge on any atom is 0.243 e. The van der Waals surface area contributed by atoms with Crippen LogP contribution in [-0.2, 0) is 10.0 Å². The molecule has 1 saturated heterocycles. The lowest BCUT2D eigenvalue weighted by molar-refractivity contribution is -0.918. The highest BCUT2D eigenvalue weighted by Crippen LogP contribution is 2.20. The van der Waals surface area contributed by atoms with Crippen LogP contribution in [0.15, 0.2) is 29.2 Å². The highest BCUT2D eigenvalue weighted by molar-refractivity contribution is 7.89. The molecular formula is C16H24N3O2S+. The Morgan fingerprint density at radius 3 is 2.14 bits per heavy atom. The minimum absolute atomic E-state index is 0.0878. The van der Waals surface area contributed by atoms with Crippen LogP contribution in [0.4, 0.5) is 0 Å². The van der Waals surface area contributed by atoms with Gasteiger partial charge in [-0.3, -0.25) is 0 Å². The molecule has 0 bridgehead atoms. The average Bonchev–Trinajstić information content (AvgIpc) is 2.54. The predicted octanol–water partition coefficient (Wildman–Crippen LogP) is 0.611. The predicted molar refractivity (Wildman–Crippen MR) is 85.1 cm³/mol. The maximum absolute atomic E-state index is 12.7. The van der Waals surface area contributed by atoms with Crippen molar-refractivity contribution in [2.24, 2.45) is 0 Å². The van der Waals surface area contributed by atoms with Gasteiger partial charge in [0.05, 0.1) is 31.1 Å². The lowest BCUT2D eigenvalue weighted by atomic mass is 10.0. The van der Waals surface area contributed by atoms with Crippen molar-refractivity contribution in [3.63, 3.8) is 0 Å². The van der Waals surface area contributed by atoms with E-state index >= 15 is 0 Å². The van der Waals surface area contributed by atoms with Crippen LogP contribution in [-0.4, -0.2) is 44.9 Å². The van der Waals surface area contributed by atoms with E-state index < -0.39 is 10.0 Å². The molecule has 0 saturated carbocycles. The molecule has 0 radical (unpaired) electrons. The van der Waals surface area contributed by atoms with Crippen molar-refractivity contribution in [1.82, 2.24) is 4.31 Å². The van der Waals surface area contributed by atoms with Crippen molar-refractivity contribution in [3.05, 3.63) is 29.8 Å². The van der Waals surface area contributed by atoms with Crippen molar-refractivity contribution in [2.75, 3.05) is 26.2 Å². The number of hydrogen-bond donors (Lipinski definition) is 1. The molecule has 0 aromatic heterocycles. The average molecular weight is 322 g/mol. The molecule has 1 aromatic rings. The van der Waals surface area contributed by atoms with E-state index in [-0.39, 0.29) is 6.04 Å². The summed E-state index contributed by atoms with van der Waals surface area (Å²) in [6.07, 6.45) is 0. The smallest absolute Gasteiger partial charge is 0.243 e. The zero-order valence-electron chi connectivity index (χ0n) is 13.4. The number of nitriles is 1. The number of benzene rings is 1. The lowest BCUT2D eigenvalue weighted by Crippen LogP contribution is -3.17. The molecule has 1 aliphatic rings. The summed E-state index contributed by atoms with van der Waals surface area (Å²) in [6, 6.07) is 9.31. The van der Waals surface area contributed by atoms with Gasteiger partial charge in [-0.1, -0.05) is 26.0 Å². The first-order valence-corrected chi connectivity index (χ1v) is 9.14. The lowest BCUT2D eigenvalue weighted by Gasteiger charge is -2.32. The van der Waals surface area contributed by atoms with Crippen LogP contribution >= 0.6 is 0 Å². The standard InChI is InChI=1S/C16H23N3O2S/c1-13(2)15-4-6-16(7-5-15)22(20,21)19-10-8-18(9-11-19)14(3)12-17/h4-7,13-14H,8-11H2,1-3H3/p+1/t14-/m0/s1. The molecule has 0 spiro atoms. The van der Waals surface area contributed by atoms with Gasteiger partial charge in [-0.25, -0.2) is 8.42 Å². The van der Waals surface area contributed by atoms with Crippen LogP contribution < -0.4 is 4.90 Å². The summed E-state index contributed by atoms with van der Waals surface area (Å²) in [7, 11) is -3.42. The first kappa shape index (κ1) is 16.9. The van der Waals surface area contributed by atoms with Gasteiger partial charge in [-0.05, 0) is 23.6 Å². The van der Waals surface area contributed by atoms with Gasteiger partial charge in [0.25, 0.3) is 0 Å². The van der Waals surface area contributed by atoms with Crippen LogP contribution in [0.3, 0.4) is 0 Å². The molecule has 120 valence electrons. The normalized spacial score (nSPS) is 19.0. The summed E-state index contributed by atoms with van der Waals surface area (Å²) in [5, 5.41) is 8.96. The summed E-state index contributed by atoms with van der Waals surface area (Å²) < 4.78 is 26.9. The Morgan fingerprint density at radius 2 is 1.68 bits per heavy atom. The fraction of sp³-hybridized carbons (Fsp3) is 0.562. The largest absolute Gasteiger partial charge is 0.319 e. The van der Waals surface area contributed by atoms with Crippen LogP contribution in [0.1, 0.15) is 32.3 Å². The third kappa shape index (κ3) is 3.49. The van der Waals surface area contributed by atoms with Crippen LogP contribution in [0.5, 0.6) is 0 Å². The number of hydrogen-bond acceptors (Lipinski definition) is 3. The van der Waals surface area contributed by atoms with E-state index in [4.69, 9.17) is 5.26 Å². The molecule has 2 rings (SSSR count). The van der Waals surface area contributed by atoms with E-state index in [1.165, 1.54) is 4.31 Å². The number of nitrogens with zero attached hydrogens (tertiary/aromatic N) is 2. The maximum atomic E-state index is 12.7. The summed E-state index contributed by atoms with van der Waals surface area (Å²) in [5.41, 5.74) is 1.14. The Bertz CT molecular complexity index is 639. The molecule has 1 heterocycles. The number of rotatable bonds is 4. The second-order valence-corrected chi connectivity index (χ2v) is 8.07. The third-order valence-corrected chi connectivity index (χ3v) is 6.27. The van der Waals surface area contributed by atoms with Crippen molar-refractivity contribution in [3.8, 4) is 6.07 Å². The number of sulfonamides is 1. The van der Waals surface area contributed by atoms with E-state index in [9.17, 15) is 8.42 Å². The first-order chi connectivity index (χ1) is 10.4. The monoisotopic (exact) mass is 322 g/mol. The van der Waals surface area contributed by atoms with Crippen LogP contribution in [0.2, 0.25) is 0 Å². The third-order valence-electron chi connectivity index (χ3n) is 4.36. The van der Waals surface area contributed by atoms with E-state index in [0.29, 0.717) is 37.0 Å². The number of piperazine rings is 1. The fourth-order valence-corrected chi connectivity index (χ4v) is 4.15. The van der Waals surface area contributed by atoms with E-state index in [0.717, 1.165) is 10.5 Å². The van der Waals surface area contributed by atoms with Crippen LogP contribution in [0, 0.1) is 11.3 Å². The summed E-state index contributed by atoms with van der Waals surface area (Å²) >= 11 is 0. The Kier molecular flexibility index (Phi) is 5.22. The molecule has 0 amide bonds. The van der Waals surface area contributed by atoms with Crippen molar-refractivity contribution < 1.29 is 13.3 Å². The summed E-state index contributed by atoms with van der Waals surface area (Å²) in [5.74, 6) is 0.386. The highest BCUT2D eigenvalue weighted by Gasteiger charge is 2.32. The van der Waals surface area contributed by atoms with E-state index in [2.05, 4.69) is 19.9 Å². The van der Waals surface area contributed by atoms with Gasteiger partial charge in [0.2, 0.25) is 10.0 Å². The molecule has 0 aliphatic carbocycles. The molecule has 1 atom stereocenters. The van der Waals surface area contributed by atoms with E-state index in [1.54, 1.807) is 12.1 Å². The molecule has 1 N–H and O–H groups in total. The SMILES string of the molecule is CC(C)c1ccc(S(=O)(=O)N2CC[NH+]([C@@H](C)C#N)CC2)cc1. The zero-order chi connectivity index (χ0) is 16.3. The molecule has 6 heteroatoms.